The molecule has 2 rings (SSSR count). The summed E-state index contributed by atoms with van der Waals surface area (Å²) in [5, 5.41) is 3.62. The molecule has 1 aromatic heterocycles. The van der Waals surface area contributed by atoms with Crippen LogP contribution >= 0.6 is 11.6 Å². The minimum absolute atomic E-state index is 0.562. The molecule has 52 valence electrons. The summed E-state index contributed by atoms with van der Waals surface area (Å²) >= 11 is 5.78. The van der Waals surface area contributed by atoms with Gasteiger partial charge in [-0.2, -0.15) is 0 Å². The van der Waals surface area contributed by atoms with Gasteiger partial charge in [-0.25, -0.2) is 0 Å². The summed E-state index contributed by atoms with van der Waals surface area (Å²) in [5.41, 5.74) is 0.952. The molecular weight excluding hydrogens is 150 g/mol. The molecule has 0 atom stereocenters. The molecule has 0 saturated carbocycles. The zero-order valence-electron chi connectivity index (χ0n) is 5.19. The number of halogens is 1. The molecule has 10 heavy (non-hydrogen) atoms. The van der Waals surface area contributed by atoms with Crippen LogP contribution < -0.4 is 5.32 Å². The van der Waals surface area contributed by atoms with Crippen molar-refractivity contribution in [2.45, 2.75) is 0 Å². The fourth-order valence-corrected chi connectivity index (χ4v) is 1.18. The highest BCUT2D eigenvalue weighted by Gasteiger charge is 2.10. The third-order valence-electron chi connectivity index (χ3n) is 1.44. The first-order valence-electron chi connectivity index (χ1n) is 2.99. The molecule has 0 aliphatic carbocycles. The lowest BCUT2D eigenvalue weighted by Gasteiger charge is -2.09. The number of fused-ring (bicyclic) bond motifs is 1. The molecule has 0 saturated heterocycles. The van der Waals surface area contributed by atoms with Crippen LogP contribution in [-0.2, 0) is 0 Å². The van der Waals surface area contributed by atoms with Crippen molar-refractivity contribution in [2.75, 3.05) is 12.0 Å². The van der Waals surface area contributed by atoms with Crippen molar-refractivity contribution in [1.82, 2.24) is 4.98 Å². The molecule has 2 N–H and O–H groups in total. The molecule has 4 heteroatoms. The van der Waals surface area contributed by atoms with Gasteiger partial charge in [0, 0.05) is 6.20 Å². The number of aromatic amines is 1. The molecule has 0 unspecified atom stereocenters. The predicted octanol–water partition coefficient (Wildman–Crippen LogP) is 1.38. The monoisotopic (exact) mass is 155 g/mol. The van der Waals surface area contributed by atoms with Crippen LogP contribution in [0.15, 0.2) is 17.3 Å². The number of hydrogen-bond donors (Lipinski definition) is 2. The van der Waals surface area contributed by atoms with Crippen molar-refractivity contribution in [3.8, 4) is 0 Å². The van der Waals surface area contributed by atoms with Crippen molar-refractivity contribution in [2.24, 2.45) is 4.99 Å². The zero-order valence-corrected chi connectivity index (χ0v) is 5.94. The van der Waals surface area contributed by atoms with Gasteiger partial charge in [0.2, 0.25) is 0 Å². The van der Waals surface area contributed by atoms with E-state index in [4.69, 9.17) is 11.6 Å². The Labute approximate surface area is 63.1 Å². The second kappa shape index (κ2) is 2.02. The van der Waals surface area contributed by atoms with Crippen LogP contribution in [0, 0.1) is 0 Å². The molecular formula is C6H6ClN3. The van der Waals surface area contributed by atoms with E-state index in [1.165, 1.54) is 0 Å². The molecule has 3 nitrogen and oxygen atoms in total. The van der Waals surface area contributed by atoms with Crippen molar-refractivity contribution < 1.29 is 0 Å². The van der Waals surface area contributed by atoms with E-state index in [0.717, 1.165) is 11.4 Å². The van der Waals surface area contributed by atoms with E-state index in [1.807, 2.05) is 12.3 Å². The van der Waals surface area contributed by atoms with Crippen molar-refractivity contribution in [1.29, 1.82) is 0 Å². The van der Waals surface area contributed by atoms with Crippen molar-refractivity contribution in [3.63, 3.8) is 0 Å². The van der Waals surface area contributed by atoms with Crippen LogP contribution in [0.2, 0.25) is 0 Å². The Bertz CT molecular complexity index is 276. The lowest BCUT2D eigenvalue weighted by atomic mass is 10.3. The van der Waals surface area contributed by atoms with Gasteiger partial charge >= 0.3 is 0 Å². The van der Waals surface area contributed by atoms with E-state index < -0.39 is 0 Å². The second-order valence-corrected chi connectivity index (χ2v) is 2.41. The van der Waals surface area contributed by atoms with E-state index >= 15 is 0 Å². The normalized spacial score (nSPS) is 15.5. The van der Waals surface area contributed by atoms with Crippen LogP contribution in [0.5, 0.6) is 0 Å². The smallest absolute Gasteiger partial charge is 0.136 e. The minimum Gasteiger partial charge on any atom is -0.352 e. The highest BCUT2D eigenvalue weighted by atomic mass is 35.5. The van der Waals surface area contributed by atoms with Gasteiger partial charge in [-0.1, -0.05) is 11.6 Å². The number of anilines is 1. The van der Waals surface area contributed by atoms with Crippen LogP contribution in [0.3, 0.4) is 0 Å². The number of aromatic nitrogens is 1. The number of nitrogens with zero attached hydrogens (tertiary/aromatic N) is 1. The van der Waals surface area contributed by atoms with Crippen LogP contribution in [0.4, 0.5) is 5.82 Å². The standard InChI is InChI=1S/C6H6ClN3/c7-5-4-1-2-8-6(4)10-3-9-5/h1-2,8,10H,3H2. The number of rotatable bonds is 0. The van der Waals surface area contributed by atoms with Crippen LogP contribution in [0.1, 0.15) is 5.56 Å². The lowest BCUT2D eigenvalue weighted by Crippen LogP contribution is -2.10. The highest BCUT2D eigenvalue weighted by molar-refractivity contribution is 6.70. The Morgan fingerprint density at radius 3 is 3.30 bits per heavy atom. The third kappa shape index (κ3) is 0.708. The number of aliphatic imine (C=N–C) groups is 1. The van der Waals surface area contributed by atoms with Gasteiger partial charge < -0.3 is 10.3 Å². The van der Waals surface area contributed by atoms with Gasteiger partial charge in [0.05, 0.1) is 5.56 Å². The minimum atomic E-state index is 0.562. The molecule has 0 amide bonds. The topological polar surface area (TPSA) is 40.2 Å². The fourth-order valence-electron chi connectivity index (χ4n) is 0.961. The molecule has 1 aliphatic heterocycles. The average Bonchev–Trinajstić information content (AvgIpc) is 2.36. The number of hydrogen-bond acceptors (Lipinski definition) is 2. The molecule has 1 aliphatic rings. The van der Waals surface area contributed by atoms with Gasteiger partial charge in [-0.05, 0) is 6.07 Å². The summed E-state index contributed by atoms with van der Waals surface area (Å²) in [6, 6.07) is 1.90. The summed E-state index contributed by atoms with van der Waals surface area (Å²) in [6.45, 7) is 0.562. The van der Waals surface area contributed by atoms with E-state index in [0.29, 0.717) is 11.8 Å². The number of nitrogens with one attached hydrogen (secondary N) is 2. The Kier molecular flexibility index (Phi) is 1.17. The summed E-state index contributed by atoms with van der Waals surface area (Å²) in [4.78, 5) is 7.01. The first kappa shape index (κ1) is 5.80. The van der Waals surface area contributed by atoms with Crippen LogP contribution in [0.25, 0.3) is 0 Å². The van der Waals surface area contributed by atoms with Gasteiger partial charge in [0.25, 0.3) is 0 Å². The Morgan fingerprint density at radius 2 is 2.50 bits per heavy atom. The summed E-state index contributed by atoms with van der Waals surface area (Å²) in [6.07, 6.45) is 1.83. The van der Waals surface area contributed by atoms with Crippen LogP contribution in [-0.4, -0.2) is 16.8 Å². The summed E-state index contributed by atoms with van der Waals surface area (Å²) in [5.74, 6) is 0.958. The maximum absolute atomic E-state index is 5.78. The maximum Gasteiger partial charge on any atom is 0.136 e. The summed E-state index contributed by atoms with van der Waals surface area (Å²) < 4.78 is 0. The quantitative estimate of drug-likeness (QED) is 0.584. The molecule has 2 heterocycles. The molecule has 0 bridgehead atoms. The fraction of sp³-hybridized carbons (Fsp3) is 0.167. The zero-order chi connectivity index (χ0) is 6.97. The average molecular weight is 156 g/mol. The molecule has 0 aromatic carbocycles. The Balaban J connectivity index is 2.55. The van der Waals surface area contributed by atoms with Gasteiger partial charge in [-0.3, -0.25) is 4.99 Å². The van der Waals surface area contributed by atoms with Gasteiger partial charge in [-0.15, -0.1) is 0 Å². The van der Waals surface area contributed by atoms with E-state index in [9.17, 15) is 0 Å². The van der Waals surface area contributed by atoms with Crippen molar-refractivity contribution >= 4 is 22.6 Å². The predicted molar refractivity (Wildman–Crippen MR) is 41.7 cm³/mol. The first-order chi connectivity index (χ1) is 4.88. The Hall–Kier alpha value is -0.960. The largest absolute Gasteiger partial charge is 0.352 e. The summed E-state index contributed by atoms with van der Waals surface area (Å²) in [7, 11) is 0. The van der Waals surface area contributed by atoms with E-state index in [-0.39, 0.29) is 0 Å². The molecule has 0 radical (unpaired) electrons. The first-order valence-corrected chi connectivity index (χ1v) is 3.37. The van der Waals surface area contributed by atoms with E-state index in [1.54, 1.807) is 0 Å². The second-order valence-electron chi connectivity index (χ2n) is 2.05. The Morgan fingerprint density at radius 1 is 1.60 bits per heavy atom. The number of H-pyrrole nitrogens is 1. The SMILES string of the molecule is ClC1=NCNc2[nH]ccc21. The molecule has 0 spiro atoms. The third-order valence-corrected chi connectivity index (χ3v) is 1.77. The van der Waals surface area contributed by atoms with Crippen molar-refractivity contribution in [3.05, 3.63) is 17.8 Å². The molecule has 0 fully saturated rings. The van der Waals surface area contributed by atoms with Gasteiger partial charge in [0.15, 0.2) is 0 Å². The molecule has 1 aromatic rings. The maximum atomic E-state index is 5.78. The highest BCUT2D eigenvalue weighted by Crippen LogP contribution is 2.18. The lowest BCUT2D eigenvalue weighted by molar-refractivity contribution is 1.10. The van der Waals surface area contributed by atoms with Gasteiger partial charge in [0.1, 0.15) is 17.7 Å². The van der Waals surface area contributed by atoms with E-state index in [2.05, 4.69) is 15.3 Å².